The molecule has 0 aliphatic rings. The van der Waals surface area contributed by atoms with Crippen molar-refractivity contribution in [1.82, 2.24) is 35.5 Å². The van der Waals surface area contributed by atoms with Crippen LogP contribution in [0.25, 0.3) is 22.5 Å². The normalized spacial score (nSPS) is 11.8. The van der Waals surface area contributed by atoms with E-state index in [1.807, 2.05) is 24.3 Å². The lowest BCUT2D eigenvalue weighted by atomic mass is 9.98. The molecular formula is C29H37ClN10O2. The van der Waals surface area contributed by atoms with Gasteiger partial charge in [-0.2, -0.15) is 5.21 Å². The van der Waals surface area contributed by atoms with Gasteiger partial charge in [0.1, 0.15) is 18.5 Å². The molecule has 2 aromatic heterocycles. The average molecular weight is 593 g/mol. The third kappa shape index (κ3) is 7.92. The molecule has 2 heterocycles. The molecule has 6 N–H and O–H groups in total. The number of aromatic nitrogens is 6. The van der Waals surface area contributed by atoms with Gasteiger partial charge in [-0.05, 0) is 48.2 Å². The molecule has 0 aliphatic heterocycles. The smallest absolute Gasteiger partial charge is 0.323 e. The maximum Gasteiger partial charge on any atom is 0.323 e. The number of halogens is 1. The monoisotopic (exact) mass is 592 g/mol. The lowest BCUT2D eigenvalue weighted by molar-refractivity contribution is -0.147. The number of aromatic amines is 1. The third-order valence-electron chi connectivity index (χ3n) is 6.91. The van der Waals surface area contributed by atoms with Gasteiger partial charge in [-0.1, -0.05) is 73.5 Å². The predicted molar refractivity (Wildman–Crippen MR) is 163 cm³/mol. The molecule has 0 saturated carbocycles. The Kier molecular flexibility index (Phi) is 11.0. The number of aliphatic imine (C=N–C) groups is 1. The largest absolute Gasteiger partial charge is 0.458 e. The van der Waals surface area contributed by atoms with E-state index >= 15 is 0 Å². The van der Waals surface area contributed by atoms with Gasteiger partial charge in [0, 0.05) is 25.1 Å². The number of unbranched alkanes of at least 4 members (excludes halogenated alkanes) is 1. The summed E-state index contributed by atoms with van der Waals surface area (Å²) >= 11 is 6.60. The van der Waals surface area contributed by atoms with Crippen molar-refractivity contribution < 1.29 is 9.53 Å². The zero-order valence-corrected chi connectivity index (χ0v) is 24.6. The second-order valence-corrected chi connectivity index (χ2v) is 10.2. The van der Waals surface area contributed by atoms with Crippen molar-refractivity contribution in [3.05, 3.63) is 70.8 Å². The number of benzene rings is 2. The number of nitrogens with one attached hydrogen (secondary N) is 2. The quantitative estimate of drug-likeness (QED) is 0.0697. The summed E-state index contributed by atoms with van der Waals surface area (Å²) in [5.41, 5.74) is 15.4. The summed E-state index contributed by atoms with van der Waals surface area (Å²) < 4.78 is 7.77. The maximum absolute atomic E-state index is 12.9. The molecule has 0 fully saturated rings. The SMILES string of the molecule is CCCCc1nc(Cl)c(COC(=O)C(CCCN=C(N)N)NC)n1Cc1ccc(-c2ccccc2-c2nn[nH]n2)cc1. The summed E-state index contributed by atoms with van der Waals surface area (Å²) in [5, 5.41) is 17.8. The molecule has 4 aromatic rings. The zero-order chi connectivity index (χ0) is 29.9. The molecule has 0 saturated heterocycles. The van der Waals surface area contributed by atoms with Crippen molar-refractivity contribution in [2.24, 2.45) is 16.5 Å². The molecule has 0 aliphatic carbocycles. The van der Waals surface area contributed by atoms with E-state index in [4.69, 9.17) is 27.8 Å². The molecule has 2 aromatic carbocycles. The summed E-state index contributed by atoms with van der Waals surface area (Å²) in [6.07, 6.45) is 3.92. The standard InChI is InChI=1S/C29H37ClN10O2/c1-3-4-11-25-35-26(30)24(18-42-28(41)23(33-2)10-7-16-34-29(31)32)40(25)17-19-12-14-20(15-13-19)21-8-5-6-9-22(21)27-36-38-39-37-27/h5-6,8-9,12-15,23,33H,3-4,7,10-11,16-18H2,1-2H3,(H4,31,32,34)(H,36,37,38,39). The Labute approximate surface area is 249 Å². The molecule has 4 rings (SSSR count). The molecule has 1 atom stereocenters. The number of hydrogen-bond acceptors (Lipinski definition) is 8. The fraction of sp³-hybridized carbons (Fsp3) is 0.379. The number of likely N-dealkylation sites (N-methyl/N-ethyl adjacent to an activating group) is 1. The Morgan fingerprint density at radius 2 is 1.90 bits per heavy atom. The van der Waals surface area contributed by atoms with Gasteiger partial charge in [-0.15, -0.1) is 10.2 Å². The second-order valence-electron chi connectivity index (χ2n) is 9.83. The van der Waals surface area contributed by atoms with Crippen molar-refractivity contribution in [1.29, 1.82) is 0 Å². The summed E-state index contributed by atoms with van der Waals surface area (Å²) in [5.74, 6) is 1.06. The van der Waals surface area contributed by atoms with E-state index in [9.17, 15) is 4.79 Å². The maximum atomic E-state index is 12.9. The van der Waals surface area contributed by atoms with Gasteiger partial charge in [0.2, 0.25) is 5.82 Å². The highest BCUT2D eigenvalue weighted by Crippen LogP contribution is 2.30. The first-order chi connectivity index (χ1) is 20.4. The van der Waals surface area contributed by atoms with Crippen molar-refractivity contribution in [3.63, 3.8) is 0 Å². The minimum atomic E-state index is -0.489. The van der Waals surface area contributed by atoms with Crippen LogP contribution in [0.3, 0.4) is 0 Å². The van der Waals surface area contributed by atoms with E-state index in [1.165, 1.54) is 0 Å². The van der Waals surface area contributed by atoms with Crippen molar-refractivity contribution in [2.75, 3.05) is 13.6 Å². The molecule has 0 radical (unpaired) electrons. The number of esters is 1. The van der Waals surface area contributed by atoms with Crippen LogP contribution < -0.4 is 16.8 Å². The van der Waals surface area contributed by atoms with Gasteiger partial charge in [0.05, 0.1) is 5.69 Å². The molecule has 1 unspecified atom stereocenters. The third-order valence-corrected chi connectivity index (χ3v) is 7.21. The number of rotatable bonds is 15. The van der Waals surface area contributed by atoms with Crippen LogP contribution in [-0.2, 0) is 29.1 Å². The number of nitrogens with zero attached hydrogens (tertiary/aromatic N) is 6. The average Bonchev–Trinajstić information content (AvgIpc) is 3.63. The number of hydrogen-bond donors (Lipinski definition) is 4. The summed E-state index contributed by atoms with van der Waals surface area (Å²) in [6.45, 7) is 3.12. The van der Waals surface area contributed by atoms with Gasteiger partial charge in [0.15, 0.2) is 11.1 Å². The van der Waals surface area contributed by atoms with Crippen LogP contribution in [0.1, 0.15) is 49.7 Å². The lowest BCUT2D eigenvalue weighted by Gasteiger charge is -2.17. The highest BCUT2D eigenvalue weighted by Gasteiger charge is 2.22. The number of H-pyrrole nitrogens is 1. The molecular weight excluding hydrogens is 556 g/mol. The van der Waals surface area contributed by atoms with E-state index in [1.54, 1.807) is 7.05 Å². The topological polar surface area (TPSA) is 175 Å². The van der Waals surface area contributed by atoms with Crippen LogP contribution in [-0.4, -0.2) is 61.7 Å². The van der Waals surface area contributed by atoms with Gasteiger partial charge >= 0.3 is 5.97 Å². The second kappa shape index (κ2) is 15.1. The van der Waals surface area contributed by atoms with E-state index in [0.29, 0.717) is 42.6 Å². The number of aryl methyl sites for hydroxylation is 1. The van der Waals surface area contributed by atoms with E-state index in [-0.39, 0.29) is 18.5 Å². The zero-order valence-electron chi connectivity index (χ0n) is 23.9. The molecule has 0 amide bonds. The number of nitrogens with two attached hydrogens (primary N) is 2. The van der Waals surface area contributed by atoms with Crippen LogP contribution in [0, 0.1) is 0 Å². The molecule has 12 nitrogen and oxygen atoms in total. The number of tetrazole rings is 1. The molecule has 222 valence electrons. The van der Waals surface area contributed by atoms with E-state index < -0.39 is 6.04 Å². The van der Waals surface area contributed by atoms with Gasteiger partial charge in [-0.3, -0.25) is 9.79 Å². The predicted octanol–water partition coefficient (Wildman–Crippen LogP) is 3.46. The summed E-state index contributed by atoms with van der Waals surface area (Å²) in [6, 6.07) is 15.7. The minimum absolute atomic E-state index is 0.0129. The fourth-order valence-electron chi connectivity index (χ4n) is 4.66. The number of imidazole rings is 1. The van der Waals surface area contributed by atoms with Gasteiger partial charge < -0.3 is 26.1 Å². The Balaban J connectivity index is 1.51. The lowest BCUT2D eigenvalue weighted by Crippen LogP contribution is -2.35. The highest BCUT2D eigenvalue weighted by atomic mass is 35.5. The Bertz CT molecular complexity index is 1460. The van der Waals surface area contributed by atoms with Gasteiger partial charge in [-0.25, -0.2) is 4.98 Å². The molecule has 13 heteroatoms. The van der Waals surface area contributed by atoms with Gasteiger partial charge in [0.25, 0.3) is 0 Å². The Morgan fingerprint density at radius 3 is 2.57 bits per heavy atom. The van der Waals surface area contributed by atoms with Crippen LogP contribution in [0.15, 0.2) is 53.5 Å². The number of carbonyl (C=O) groups excluding carboxylic acids is 1. The van der Waals surface area contributed by atoms with E-state index in [2.05, 4.69) is 71.7 Å². The number of ether oxygens (including phenoxy) is 1. The Morgan fingerprint density at radius 1 is 1.14 bits per heavy atom. The minimum Gasteiger partial charge on any atom is -0.458 e. The van der Waals surface area contributed by atoms with Crippen molar-refractivity contribution in [3.8, 4) is 22.5 Å². The summed E-state index contributed by atoms with van der Waals surface area (Å²) in [4.78, 5) is 21.5. The Hall–Kier alpha value is -4.29. The highest BCUT2D eigenvalue weighted by molar-refractivity contribution is 6.30. The number of guanidine groups is 1. The molecule has 0 bridgehead atoms. The number of carbonyl (C=O) groups is 1. The van der Waals surface area contributed by atoms with Crippen molar-refractivity contribution in [2.45, 2.75) is 58.2 Å². The molecule has 42 heavy (non-hydrogen) atoms. The van der Waals surface area contributed by atoms with Crippen LogP contribution in [0.2, 0.25) is 5.15 Å². The van der Waals surface area contributed by atoms with Crippen LogP contribution in [0.5, 0.6) is 0 Å². The molecule has 0 spiro atoms. The van der Waals surface area contributed by atoms with Crippen LogP contribution in [0.4, 0.5) is 0 Å². The van der Waals surface area contributed by atoms with Crippen molar-refractivity contribution >= 4 is 23.5 Å². The fourth-order valence-corrected chi connectivity index (χ4v) is 4.91. The first kappa shape index (κ1) is 30.7. The first-order valence-corrected chi connectivity index (χ1v) is 14.3. The first-order valence-electron chi connectivity index (χ1n) is 14.0. The van der Waals surface area contributed by atoms with Crippen LogP contribution >= 0.6 is 11.6 Å². The van der Waals surface area contributed by atoms with E-state index in [0.717, 1.165) is 47.3 Å². The summed E-state index contributed by atoms with van der Waals surface area (Å²) in [7, 11) is 1.72.